The van der Waals surface area contributed by atoms with E-state index in [2.05, 4.69) is 31.5 Å². The summed E-state index contributed by atoms with van der Waals surface area (Å²) < 4.78 is 14.2. The average molecular weight is 343 g/mol. The highest BCUT2D eigenvalue weighted by atomic mass is 32.1. The number of fused-ring (bicyclic) bond motifs is 1. The number of rotatable bonds is 5. The van der Waals surface area contributed by atoms with Crippen LogP contribution in [0.2, 0.25) is 0 Å². The fourth-order valence-corrected chi connectivity index (χ4v) is 2.47. The van der Waals surface area contributed by atoms with Crippen molar-refractivity contribution in [3.63, 3.8) is 0 Å². The van der Waals surface area contributed by atoms with Crippen molar-refractivity contribution in [2.75, 3.05) is 0 Å². The predicted molar refractivity (Wildman–Crippen MR) is 95.7 cm³/mol. The molecule has 116 valence electrons. The van der Waals surface area contributed by atoms with Gasteiger partial charge in [-0.2, -0.15) is 13.8 Å². The lowest BCUT2D eigenvalue weighted by molar-refractivity contribution is 0.306. The Labute approximate surface area is 142 Å². The van der Waals surface area contributed by atoms with E-state index >= 15 is 0 Å². The summed E-state index contributed by atoms with van der Waals surface area (Å²) in [5, 5.41) is 4.03. The van der Waals surface area contributed by atoms with Crippen LogP contribution < -0.4 is 15.9 Å². The van der Waals surface area contributed by atoms with Crippen molar-refractivity contribution in [3.8, 4) is 5.75 Å². The standard InChI is InChI=1S/C15H13N5OS2/c16-15(22)18-17-8-10-1-4-12(5-2-10)21-9-11-3-6-13-14(7-11)20-23-19-13/h1-8H,9H2,(H3,16,18,22). The molecule has 1 heterocycles. The normalized spacial score (nSPS) is 11.0. The summed E-state index contributed by atoms with van der Waals surface area (Å²) in [4.78, 5) is 0. The molecule has 0 aliphatic rings. The van der Waals surface area contributed by atoms with Crippen LogP contribution in [0.5, 0.6) is 5.75 Å². The number of hydrogen-bond donors (Lipinski definition) is 2. The number of aromatic nitrogens is 2. The molecule has 0 aliphatic carbocycles. The molecule has 3 aromatic rings. The van der Waals surface area contributed by atoms with Crippen molar-refractivity contribution >= 4 is 46.3 Å². The van der Waals surface area contributed by atoms with Gasteiger partial charge in [-0.25, -0.2) is 0 Å². The largest absolute Gasteiger partial charge is 0.489 e. The maximum atomic E-state index is 5.77. The smallest absolute Gasteiger partial charge is 0.184 e. The Morgan fingerprint density at radius 1 is 1.22 bits per heavy atom. The number of nitrogens with zero attached hydrogens (tertiary/aromatic N) is 3. The molecule has 0 atom stereocenters. The van der Waals surface area contributed by atoms with Crippen molar-refractivity contribution < 1.29 is 4.74 Å². The summed E-state index contributed by atoms with van der Waals surface area (Å²) in [6.07, 6.45) is 1.63. The molecule has 3 N–H and O–H groups in total. The van der Waals surface area contributed by atoms with E-state index < -0.39 is 0 Å². The third-order valence-corrected chi connectivity index (χ3v) is 3.64. The first-order chi connectivity index (χ1) is 11.2. The highest BCUT2D eigenvalue weighted by Gasteiger charge is 2.01. The summed E-state index contributed by atoms with van der Waals surface area (Å²) >= 11 is 5.87. The van der Waals surface area contributed by atoms with Gasteiger partial charge in [-0.3, -0.25) is 5.43 Å². The first-order valence-corrected chi connectivity index (χ1v) is 7.87. The molecule has 0 saturated carbocycles. The molecule has 0 fully saturated rings. The summed E-state index contributed by atoms with van der Waals surface area (Å²) in [5.41, 5.74) is 11.6. The van der Waals surface area contributed by atoms with Crippen LogP contribution in [0.3, 0.4) is 0 Å². The summed E-state index contributed by atoms with van der Waals surface area (Å²) in [5.74, 6) is 0.779. The highest BCUT2D eigenvalue weighted by Crippen LogP contribution is 2.17. The molecule has 0 amide bonds. The van der Waals surface area contributed by atoms with Gasteiger partial charge in [0.05, 0.1) is 17.9 Å². The van der Waals surface area contributed by atoms with Gasteiger partial charge in [0.25, 0.3) is 0 Å². The van der Waals surface area contributed by atoms with E-state index in [4.69, 9.17) is 10.5 Å². The van der Waals surface area contributed by atoms with Gasteiger partial charge in [0.1, 0.15) is 23.4 Å². The summed E-state index contributed by atoms with van der Waals surface area (Å²) in [7, 11) is 0. The third-order valence-electron chi connectivity index (χ3n) is 2.99. The number of hydrogen-bond acceptors (Lipinski definition) is 6. The molecular weight excluding hydrogens is 330 g/mol. The van der Waals surface area contributed by atoms with Gasteiger partial charge in [-0.1, -0.05) is 6.07 Å². The van der Waals surface area contributed by atoms with Crippen LogP contribution in [-0.4, -0.2) is 20.1 Å². The Bertz CT molecular complexity index is 844. The number of nitrogens with one attached hydrogen (secondary N) is 1. The molecule has 0 bridgehead atoms. The van der Waals surface area contributed by atoms with Crippen molar-refractivity contribution in [1.82, 2.24) is 14.2 Å². The van der Waals surface area contributed by atoms with E-state index in [0.717, 1.165) is 27.9 Å². The SMILES string of the molecule is NC(=S)NN=Cc1ccc(OCc2ccc3nsnc3c2)cc1. The molecule has 0 spiro atoms. The zero-order valence-electron chi connectivity index (χ0n) is 12.0. The summed E-state index contributed by atoms with van der Waals surface area (Å²) in [6.45, 7) is 0.476. The Hall–Kier alpha value is -2.58. The molecule has 6 nitrogen and oxygen atoms in total. The fraction of sp³-hybridized carbons (Fsp3) is 0.0667. The zero-order chi connectivity index (χ0) is 16.1. The van der Waals surface area contributed by atoms with Gasteiger partial charge in [-0.05, 0) is 59.7 Å². The predicted octanol–water partition coefficient (Wildman–Crippen LogP) is 2.44. The molecule has 23 heavy (non-hydrogen) atoms. The lowest BCUT2D eigenvalue weighted by Crippen LogP contribution is -2.23. The number of ether oxygens (including phenoxy) is 1. The Morgan fingerprint density at radius 2 is 2.00 bits per heavy atom. The van der Waals surface area contributed by atoms with Gasteiger partial charge >= 0.3 is 0 Å². The van der Waals surface area contributed by atoms with Crippen LogP contribution >= 0.6 is 23.9 Å². The van der Waals surface area contributed by atoms with Crippen LogP contribution in [0.15, 0.2) is 47.6 Å². The fourth-order valence-electron chi connectivity index (χ4n) is 1.90. The summed E-state index contributed by atoms with van der Waals surface area (Å²) in [6, 6.07) is 13.5. The van der Waals surface area contributed by atoms with Crippen LogP contribution in [0.4, 0.5) is 0 Å². The minimum absolute atomic E-state index is 0.133. The molecule has 1 aromatic heterocycles. The van der Waals surface area contributed by atoms with E-state index in [-0.39, 0.29) is 5.11 Å². The monoisotopic (exact) mass is 343 g/mol. The van der Waals surface area contributed by atoms with Gasteiger partial charge in [-0.15, -0.1) is 0 Å². The quantitative estimate of drug-likeness (QED) is 0.420. The van der Waals surface area contributed by atoms with E-state index in [0.29, 0.717) is 6.61 Å². The van der Waals surface area contributed by atoms with Crippen LogP contribution in [0, 0.1) is 0 Å². The van der Waals surface area contributed by atoms with Crippen molar-refractivity contribution in [3.05, 3.63) is 53.6 Å². The van der Waals surface area contributed by atoms with E-state index in [1.165, 1.54) is 11.7 Å². The number of benzene rings is 2. The average Bonchev–Trinajstić information content (AvgIpc) is 3.01. The number of thiocarbonyl (C=S) groups is 1. The lowest BCUT2D eigenvalue weighted by atomic mass is 10.2. The van der Waals surface area contributed by atoms with Gasteiger partial charge in [0.15, 0.2) is 5.11 Å². The third kappa shape index (κ3) is 4.21. The van der Waals surface area contributed by atoms with E-state index in [1.807, 2.05) is 42.5 Å². The number of hydrazone groups is 1. The van der Waals surface area contributed by atoms with Crippen LogP contribution in [-0.2, 0) is 6.61 Å². The molecule has 0 radical (unpaired) electrons. The number of nitrogens with two attached hydrogens (primary N) is 1. The Kier molecular flexibility index (Phi) is 4.74. The van der Waals surface area contributed by atoms with E-state index in [9.17, 15) is 0 Å². The molecule has 0 aliphatic heterocycles. The minimum Gasteiger partial charge on any atom is -0.489 e. The van der Waals surface area contributed by atoms with Crippen molar-refractivity contribution in [1.29, 1.82) is 0 Å². The van der Waals surface area contributed by atoms with Gasteiger partial charge in [0, 0.05) is 0 Å². The first kappa shape index (κ1) is 15.3. The van der Waals surface area contributed by atoms with Crippen LogP contribution in [0.25, 0.3) is 11.0 Å². The van der Waals surface area contributed by atoms with E-state index in [1.54, 1.807) is 6.21 Å². The molecule has 8 heteroatoms. The molecular formula is C15H13N5OS2. The Morgan fingerprint density at radius 3 is 2.78 bits per heavy atom. The van der Waals surface area contributed by atoms with Gasteiger partial charge in [0.2, 0.25) is 0 Å². The Balaban J connectivity index is 1.59. The molecule has 3 rings (SSSR count). The second kappa shape index (κ2) is 7.12. The maximum absolute atomic E-state index is 5.77. The second-order valence-corrected chi connectivity index (χ2v) is 5.65. The van der Waals surface area contributed by atoms with Crippen LogP contribution in [0.1, 0.15) is 11.1 Å². The molecule has 0 unspecified atom stereocenters. The van der Waals surface area contributed by atoms with Crippen molar-refractivity contribution in [2.45, 2.75) is 6.61 Å². The molecule has 0 saturated heterocycles. The topological polar surface area (TPSA) is 85.4 Å². The highest BCUT2D eigenvalue weighted by molar-refractivity contribution is 7.80. The molecule has 2 aromatic carbocycles. The zero-order valence-corrected chi connectivity index (χ0v) is 13.6. The first-order valence-electron chi connectivity index (χ1n) is 6.73. The van der Waals surface area contributed by atoms with Gasteiger partial charge < -0.3 is 10.5 Å². The second-order valence-electron chi connectivity index (χ2n) is 4.68. The minimum atomic E-state index is 0.133. The maximum Gasteiger partial charge on any atom is 0.184 e. The lowest BCUT2D eigenvalue weighted by Gasteiger charge is -2.06. The van der Waals surface area contributed by atoms with Crippen molar-refractivity contribution in [2.24, 2.45) is 10.8 Å².